The molecule has 0 saturated carbocycles. The van der Waals surface area contributed by atoms with Gasteiger partial charge in [-0.15, -0.1) is 22.7 Å². The molecule has 0 bridgehead atoms. The van der Waals surface area contributed by atoms with Crippen molar-refractivity contribution in [2.24, 2.45) is 0 Å². The molecule has 0 spiro atoms. The van der Waals surface area contributed by atoms with Crippen LogP contribution in [0.3, 0.4) is 0 Å². The highest BCUT2D eigenvalue weighted by atomic mass is 32.1. The molecule has 11 rings (SSSR count). The van der Waals surface area contributed by atoms with Gasteiger partial charge in [0.15, 0.2) is 0 Å². The van der Waals surface area contributed by atoms with E-state index < -0.39 is 0 Å². The lowest BCUT2D eigenvalue weighted by molar-refractivity contribution is 1.28. The van der Waals surface area contributed by atoms with Crippen LogP contribution in [0.15, 0.2) is 200 Å². The van der Waals surface area contributed by atoms with Crippen LogP contribution in [0.5, 0.6) is 0 Å². The van der Waals surface area contributed by atoms with Gasteiger partial charge in [-0.2, -0.15) is 0 Å². The molecule has 55 heavy (non-hydrogen) atoms. The molecule has 0 amide bonds. The van der Waals surface area contributed by atoms with E-state index in [1.54, 1.807) is 0 Å². The number of hydrogen-bond donors (Lipinski definition) is 0. The fourth-order valence-electron chi connectivity index (χ4n) is 8.32. The predicted molar refractivity (Wildman–Crippen MR) is 241 cm³/mol. The van der Waals surface area contributed by atoms with Crippen molar-refractivity contribution in [1.29, 1.82) is 0 Å². The number of rotatable bonds is 6. The highest BCUT2D eigenvalue weighted by Gasteiger charge is 2.20. The van der Waals surface area contributed by atoms with Gasteiger partial charge in [0, 0.05) is 57.3 Å². The van der Waals surface area contributed by atoms with E-state index in [0.717, 1.165) is 17.1 Å². The Balaban J connectivity index is 1.08. The zero-order valence-corrected chi connectivity index (χ0v) is 31.4. The Bertz CT molecular complexity index is 3220. The second kappa shape index (κ2) is 13.1. The molecule has 0 aliphatic heterocycles. The molecule has 0 fully saturated rings. The summed E-state index contributed by atoms with van der Waals surface area (Å²) in [6.07, 6.45) is 0. The molecule has 0 aliphatic carbocycles. The molecule has 0 unspecified atom stereocenters. The van der Waals surface area contributed by atoms with Crippen LogP contribution >= 0.6 is 22.7 Å². The molecule has 0 aliphatic rings. The summed E-state index contributed by atoms with van der Waals surface area (Å²) in [6.45, 7) is 0. The number of para-hydroxylation sites is 1. The SMILES string of the molecule is c1cc(-c2ccc3c(c2)sc2ccccc23)cc(N(c2ccc(-c3cccc4sc5ccccc5c34)cc2)c2ccccc2-c2cccc3ccccc23)c1. The van der Waals surface area contributed by atoms with Crippen LogP contribution in [0.25, 0.3) is 84.5 Å². The highest BCUT2D eigenvalue weighted by Crippen LogP contribution is 2.45. The first-order valence-corrected chi connectivity index (χ1v) is 20.3. The summed E-state index contributed by atoms with van der Waals surface area (Å²) >= 11 is 3.73. The van der Waals surface area contributed by atoms with Crippen molar-refractivity contribution in [3.63, 3.8) is 0 Å². The molecular formula is C52H33NS2. The third-order valence-corrected chi connectivity index (χ3v) is 13.1. The van der Waals surface area contributed by atoms with Crippen molar-refractivity contribution in [2.45, 2.75) is 0 Å². The van der Waals surface area contributed by atoms with E-state index in [1.807, 2.05) is 22.7 Å². The van der Waals surface area contributed by atoms with E-state index in [-0.39, 0.29) is 0 Å². The van der Waals surface area contributed by atoms with Crippen molar-refractivity contribution in [3.8, 4) is 33.4 Å². The van der Waals surface area contributed by atoms with Crippen molar-refractivity contribution in [2.75, 3.05) is 4.90 Å². The van der Waals surface area contributed by atoms with Gasteiger partial charge in [0.05, 0.1) is 5.69 Å². The molecule has 9 aromatic carbocycles. The van der Waals surface area contributed by atoms with Crippen LogP contribution in [0.2, 0.25) is 0 Å². The standard InChI is InChI=1S/C52H33NS2/c1-2-16-40-34(12-1)13-10-21-42(40)43-17-3-6-22-47(43)53(38-29-26-35(27-30-38)41-20-11-25-50-52(41)46-19-5-8-24-49(46)54-50)39-15-9-14-36(32-39)37-28-31-45-44-18-4-7-23-48(44)55-51(45)33-37/h1-33H. The number of anilines is 3. The lowest BCUT2D eigenvalue weighted by Gasteiger charge is -2.29. The molecule has 2 aromatic heterocycles. The van der Waals surface area contributed by atoms with Gasteiger partial charge in [-0.3, -0.25) is 0 Å². The number of nitrogens with zero attached hydrogens (tertiary/aromatic N) is 1. The summed E-state index contributed by atoms with van der Waals surface area (Å²) in [5, 5.41) is 7.77. The van der Waals surface area contributed by atoms with Gasteiger partial charge in [0.1, 0.15) is 0 Å². The third kappa shape index (κ3) is 5.43. The smallest absolute Gasteiger partial charge is 0.0540 e. The van der Waals surface area contributed by atoms with E-state index in [4.69, 9.17) is 0 Å². The summed E-state index contributed by atoms with van der Waals surface area (Å²) in [6, 6.07) is 73.5. The summed E-state index contributed by atoms with van der Waals surface area (Å²) in [4.78, 5) is 2.43. The summed E-state index contributed by atoms with van der Waals surface area (Å²) in [7, 11) is 0. The lowest BCUT2D eigenvalue weighted by Crippen LogP contribution is -2.11. The van der Waals surface area contributed by atoms with E-state index in [2.05, 4.69) is 205 Å². The number of benzene rings is 9. The van der Waals surface area contributed by atoms with Gasteiger partial charge in [-0.05, 0) is 93.2 Å². The van der Waals surface area contributed by atoms with Gasteiger partial charge >= 0.3 is 0 Å². The average molecular weight is 736 g/mol. The number of hydrogen-bond acceptors (Lipinski definition) is 3. The second-order valence-corrected chi connectivity index (χ2v) is 16.2. The fraction of sp³-hybridized carbons (Fsp3) is 0. The summed E-state index contributed by atoms with van der Waals surface area (Å²) in [5.74, 6) is 0. The maximum Gasteiger partial charge on any atom is 0.0540 e. The Kier molecular flexibility index (Phi) is 7.61. The lowest BCUT2D eigenvalue weighted by atomic mass is 9.95. The van der Waals surface area contributed by atoms with Gasteiger partial charge in [0.2, 0.25) is 0 Å². The van der Waals surface area contributed by atoms with Crippen LogP contribution in [0, 0.1) is 0 Å². The predicted octanol–water partition coefficient (Wildman–Crippen LogP) is 16.0. The molecule has 0 radical (unpaired) electrons. The van der Waals surface area contributed by atoms with Gasteiger partial charge in [-0.1, -0.05) is 146 Å². The second-order valence-electron chi connectivity index (χ2n) is 14.1. The first kappa shape index (κ1) is 32.0. The topological polar surface area (TPSA) is 3.24 Å². The molecule has 258 valence electrons. The van der Waals surface area contributed by atoms with E-state index in [9.17, 15) is 0 Å². The molecular weight excluding hydrogens is 703 g/mol. The van der Waals surface area contributed by atoms with Crippen LogP contribution in [0.1, 0.15) is 0 Å². The quantitative estimate of drug-likeness (QED) is 0.164. The highest BCUT2D eigenvalue weighted by molar-refractivity contribution is 7.26. The van der Waals surface area contributed by atoms with E-state index in [0.29, 0.717) is 0 Å². The number of thiophene rings is 2. The van der Waals surface area contributed by atoms with Crippen molar-refractivity contribution >= 4 is 90.9 Å². The summed E-state index contributed by atoms with van der Waals surface area (Å²) < 4.78 is 5.28. The van der Waals surface area contributed by atoms with E-state index >= 15 is 0 Å². The Morgan fingerprint density at radius 2 is 0.891 bits per heavy atom. The molecule has 3 heteroatoms. The van der Waals surface area contributed by atoms with E-state index in [1.165, 1.54) is 84.5 Å². The monoisotopic (exact) mass is 735 g/mol. The Morgan fingerprint density at radius 3 is 1.78 bits per heavy atom. The molecule has 0 atom stereocenters. The van der Waals surface area contributed by atoms with Crippen LogP contribution < -0.4 is 4.90 Å². The van der Waals surface area contributed by atoms with Crippen LogP contribution in [-0.4, -0.2) is 0 Å². The maximum absolute atomic E-state index is 2.43. The van der Waals surface area contributed by atoms with Gasteiger partial charge in [-0.25, -0.2) is 0 Å². The zero-order chi connectivity index (χ0) is 36.3. The Morgan fingerprint density at radius 1 is 0.309 bits per heavy atom. The molecule has 11 aromatic rings. The first-order chi connectivity index (χ1) is 27.3. The molecule has 0 saturated heterocycles. The largest absolute Gasteiger partial charge is 0.310 e. The minimum Gasteiger partial charge on any atom is -0.310 e. The van der Waals surface area contributed by atoms with Crippen molar-refractivity contribution in [1.82, 2.24) is 0 Å². The maximum atomic E-state index is 2.43. The Labute approximate surface area is 327 Å². The van der Waals surface area contributed by atoms with Crippen LogP contribution in [0.4, 0.5) is 17.1 Å². The van der Waals surface area contributed by atoms with Crippen molar-refractivity contribution < 1.29 is 0 Å². The third-order valence-electron chi connectivity index (χ3n) is 10.9. The van der Waals surface area contributed by atoms with Crippen LogP contribution in [-0.2, 0) is 0 Å². The number of fused-ring (bicyclic) bond motifs is 7. The Hall–Kier alpha value is -6.52. The minimum atomic E-state index is 1.11. The van der Waals surface area contributed by atoms with Crippen molar-refractivity contribution in [3.05, 3.63) is 200 Å². The zero-order valence-electron chi connectivity index (χ0n) is 29.8. The molecule has 2 heterocycles. The average Bonchev–Trinajstić information content (AvgIpc) is 3.82. The minimum absolute atomic E-state index is 1.11. The van der Waals surface area contributed by atoms with Gasteiger partial charge < -0.3 is 4.90 Å². The molecule has 0 N–H and O–H groups in total. The normalized spacial score (nSPS) is 11.6. The first-order valence-electron chi connectivity index (χ1n) is 18.7. The molecule has 1 nitrogen and oxygen atoms in total. The van der Waals surface area contributed by atoms with Gasteiger partial charge in [0.25, 0.3) is 0 Å². The fourth-order valence-corrected chi connectivity index (χ4v) is 10.6. The summed E-state index contributed by atoms with van der Waals surface area (Å²) in [5.41, 5.74) is 10.7.